The molecule has 3 rings (SSSR count). The molecule has 0 aliphatic carbocycles. The first kappa shape index (κ1) is 9.66. The average molecular weight is 230 g/mol. The number of fused-ring (bicyclic) bond motifs is 1. The van der Waals surface area contributed by atoms with Crippen molar-refractivity contribution in [1.29, 1.82) is 0 Å². The van der Waals surface area contributed by atoms with Crippen LogP contribution in [-0.2, 0) is 11.5 Å². The molecular weight excluding hydrogens is 220 g/mol. The van der Waals surface area contributed by atoms with E-state index in [0.29, 0.717) is 5.69 Å². The number of nitrogens with zero attached hydrogens (tertiary/aromatic N) is 2. The third kappa shape index (κ3) is 1.38. The van der Waals surface area contributed by atoms with Gasteiger partial charge in [-0.15, -0.1) is 0 Å². The predicted molar refractivity (Wildman–Crippen MR) is 64.0 cm³/mol. The average Bonchev–Trinajstić information content (AvgIpc) is 2.89. The van der Waals surface area contributed by atoms with Crippen molar-refractivity contribution in [3.8, 4) is 5.69 Å². The van der Waals surface area contributed by atoms with E-state index in [1.165, 1.54) is 0 Å². The Hall–Kier alpha value is -1.55. The molecule has 4 heteroatoms. The van der Waals surface area contributed by atoms with E-state index in [9.17, 15) is 4.79 Å². The molecule has 2 aromatic rings. The molecule has 0 saturated heterocycles. The molecule has 0 atom stereocenters. The van der Waals surface area contributed by atoms with E-state index in [-0.39, 0.29) is 0 Å². The van der Waals surface area contributed by atoms with E-state index < -0.39 is 0 Å². The Balaban J connectivity index is 2.19. The molecule has 0 amide bonds. The maximum atomic E-state index is 11.2. The number of thioether (sulfide) groups is 1. The van der Waals surface area contributed by atoms with Gasteiger partial charge in [-0.1, -0.05) is 18.2 Å². The van der Waals surface area contributed by atoms with Gasteiger partial charge in [0.05, 0.1) is 11.4 Å². The van der Waals surface area contributed by atoms with E-state index in [1.54, 1.807) is 4.68 Å². The van der Waals surface area contributed by atoms with Crippen LogP contribution < -0.4 is 0 Å². The van der Waals surface area contributed by atoms with Gasteiger partial charge in [0.1, 0.15) is 5.69 Å². The van der Waals surface area contributed by atoms with Crippen LogP contribution in [0.25, 0.3) is 5.69 Å². The third-order valence-corrected chi connectivity index (χ3v) is 3.67. The first-order valence-electron chi connectivity index (χ1n) is 5.09. The number of para-hydroxylation sites is 1. The fraction of sp³-hybridized carbons (Fsp3) is 0.167. The minimum Gasteiger partial charge on any atom is -0.296 e. The normalized spacial score (nSPS) is 13.8. The number of aromatic nitrogens is 2. The molecule has 1 aliphatic heterocycles. The van der Waals surface area contributed by atoms with Gasteiger partial charge < -0.3 is 0 Å². The third-order valence-electron chi connectivity index (χ3n) is 2.70. The van der Waals surface area contributed by atoms with Gasteiger partial charge in [0.2, 0.25) is 0 Å². The Labute approximate surface area is 97.5 Å². The summed E-state index contributed by atoms with van der Waals surface area (Å²) in [6.07, 6.45) is 0.907. The zero-order valence-electron chi connectivity index (χ0n) is 8.59. The summed E-state index contributed by atoms with van der Waals surface area (Å²) in [7, 11) is 0. The number of carbonyl (C=O) groups is 1. The van der Waals surface area contributed by atoms with Gasteiger partial charge in [-0.05, 0) is 12.1 Å². The van der Waals surface area contributed by atoms with Crippen LogP contribution in [0.5, 0.6) is 0 Å². The second-order valence-electron chi connectivity index (χ2n) is 3.67. The lowest BCUT2D eigenvalue weighted by Gasteiger charge is -2.03. The molecule has 0 N–H and O–H groups in total. The number of aldehydes is 1. The Morgan fingerprint density at radius 1 is 1.25 bits per heavy atom. The highest BCUT2D eigenvalue weighted by molar-refractivity contribution is 7.98. The minimum atomic E-state index is 0.700. The van der Waals surface area contributed by atoms with Crippen molar-refractivity contribution in [2.45, 2.75) is 11.5 Å². The monoisotopic (exact) mass is 230 g/mol. The summed E-state index contributed by atoms with van der Waals surface area (Å²) in [4.78, 5) is 11.2. The van der Waals surface area contributed by atoms with Crippen LogP contribution in [0.1, 0.15) is 21.7 Å². The summed E-state index contributed by atoms with van der Waals surface area (Å²) < 4.78 is 1.75. The first-order valence-corrected chi connectivity index (χ1v) is 6.25. The van der Waals surface area contributed by atoms with Gasteiger partial charge in [0.25, 0.3) is 0 Å². The highest BCUT2D eigenvalue weighted by atomic mass is 32.2. The minimum absolute atomic E-state index is 0.700. The van der Waals surface area contributed by atoms with E-state index >= 15 is 0 Å². The number of hydrogen-bond acceptors (Lipinski definition) is 3. The summed E-state index contributed by atoms with van der Waals surface area (Å²) in [6.45, 7) is 0. The molecule has 1 aliphatic rings. The van der Waals surface area contributed by atoms with Gasteiger partial charge in [-0.2, -0.15) is 16.9 Å². The lowest BCUT2D eigenvalue weighted by Crippen LogP contribution is -2.02. The summed E-state index contributed by atoms with van der Waals surface area (Å²) in [5, 5.41) is 4.50. The molecule has 0 unspecified atom stereocenters. The second kappa shape index (κ2) is 3.79. The van der Waals surface area contributed by atoms with Crippen molar-refractivity contribution in [2.24, 2.45) is 0 Å². The number of hydrogen-bond donors (Lipinski definition) is 0. The topological polar surface area (TPSA) is 34.9 Å². The summed E-state index contributed by atoms with van der Waals surface area (Å²) >= 11 is 1.81. The maximum absolute atomic E-state index is 11.2. The summed E-state index contributed by atoms with van der Waals surface area (Å²) in [5.74, 6) is 1.81. The van der Waals surface area contributed by atoms with E-state index in [4.69, 9.17) is 0 Å². The molecule has 0 saturated carbocycles. The van der Waals surface area contributed by atoms with Gasteiger partial charge in [0.15, 0.2) is 6.29 Å². The van der Waals surface area contributed by atoms with E-state index in [1.807, 2.05) is 42.1 Å². The quantitative estimate of drug-likeness (QED) is 0.743. The van der Waals surface area contributed by atoms with Crippen molar-refractivity contribution < 1.29 is 4.79 Å². The Bertz CT molecular complexity index is 533. The lowest BCUT2D eigenvalue weighted by atomic mass is 10.2. The van der Waals surface area contributed by atoms with Crippen LogP contribution >= 0.6 is 11.8 Å². The van der Waals surface area contributed by atoms with Crippen LogP contribution in [-0.4, -0.2) is 16.1 Å². The molecule has 0 bridgehead atoms. The largest absolute Gasteiger partial charge is 0.296 e. The van der Waals surface area contributed by atoms with Crippen molar-refractivity contribution in [3.05, 3.63) is 47.3 Å². The lowest BCUT2D eigenvalue weighted by molar-refractivity contribution is 0.111. The first-order chi connectivity index (χ1) is 7.90. The van der Waals surface area contributed by atoms with Gasteiger partial charge >= 0.3 is 0 Å². The molecule has 0 fully saturated rings. The zero-order chi connectivity index (χ0) is 11.0. The Morgan fingerprint density at radius 3 is 2.81 bits per heavy atom. The van der Waals surface area contributed by atoms with E-state index in [0.717, 1.165) is 34.7 Å². The summed E-state index contributed by atoms with van der Waals surface area (Å²) in [5.41, 5.74) is 3.80. The summed E-state index contributed by atoms with van der Waals surface area (Å²) in [6, 6.07) is 9.78. The van der Waals surface area contributed by atoms with Crippen molar-refractivity contribution in [2.75, 3.05) is 0 Å². The van der Waals surface area contributed by atoms with Crippen molar-refractivity contribution >= 4 is 18.0 Å². The van der Waals surface area contributed by atoms with Gasteiger partial charge in [0, 0.05) is 17.1 Å². The fourth-order valence-electron chi connectivity index (χ4n) is 1.92. The van der Waals surface area contributed by atoms with Crippen LogP contribution in [0.15, 0.2) is 30.3 Å². The smallest absolute Gasteiger partial charge is 0.168 e. The van der Waals surface area contributed by atoms with Crippen LogP contribution in [0.2, 0.25) is 0 Å². The predicted octanol–water partition coefficient (Wildman–Crippen LogP) is 2.43. The van der Waals surface area contributed by atoms with Gasteiger partial charge in [-0.25, -0.2) is 4.68 Å². The molecule has 0 spiro atoms. The number of carbonyl (C=O) groups excluding carboxylic acids is 1. The molecule has 2 heterocycles. The van der Waals surface area contributed by atoms with E-state index in [2.05, 4.69) is 5.10 Å². The molecule has 3 nitrogen and oxygen atoms in total. The van der Waals surface area contributed by atoms with Crippen molar-refractivity contribution in [3.63, 3.8) is 0 Å². The molecule has 80 valence electrons. The van der Waals surface area contributed by atoms with Gasteiger partial charge in [-0.3, -0.25) is 4.79 Å². The zero-order valence-corrected chi connectivity index (χ0v) is 9.41. The Kier molecular flexibility index (Phi) is 2.29. The molecular formula is C12H10N2OS. The molecule has 1 aromatic heterocycles. The SMILES string of the molecule is O=Cc1c2c(nn1-c1ccccc1)CSC2. The molecule has 16 heavy (non-hydrogen) atoms. The highest BCUT2D eigenvalue weighted by Gasteiger charge is 2.22. The molecule has 0 radical (unpaired) electrons. The molecule has 1 aromatic carbocycles. The van der Waals surface area contributed by atoms with Crippen molar-refractivity contribution in [1.82, 2.24) is 9.78 Å². The Morgan fingerprint density at radius 2 is 2.06 bits per heavy atom. The van der Waals surface area contributed by atoms with Crippen LogP contribution in [0.3, 0.4) is 0 Å². The van der Waals surface area contributed by atoms with Crippen LogP contribution in [0, 0.1) is 0 Å². The maximum Gasteiger partial charge on any atom is 0.168 e. The fourth-order valence-corrected chi connectivity index (χ4v) is 2.97. The second-order valence-corrected chi connectivity index (χ2v) is 4.65. The number of rotatable bonds is 2. The standard InChI is InChI=1S/C12H10N2OS/c15-6-12-10-7-16-8-11(10)13-14(12)9-4-2-1-3-5-9/h1-6H,7-8H2. The van der Waals surface area contributed by atoms with Crippen LogP contribution in [0.4, 0.5) is 0 Å². The highest BCUT2D eigenvalue weighted by Crippen LogP contribution is 2.32. The number of benzene rings is 1.